The predicted octanol–water partition coefficient (Wildman–Crippen LogP) is 4.56. The molecule has 0 spiro atoms. The molecule has 3 nitrogen and oxygen atoms in total. The first-order chi connectivity index (χ1) is 10.0. The van der Waals surface area contributed by atoms with Crippen LogP contribution in [0.4, 0.5) is 5.69 Å². The number of amides is 1. The minimum absolute atomic E-state index is 0.139. The van der Waals surface area contributed by atoms with E-state index in [1.54, 1.807) is 36.4 Å². The van der Waals surface area contributed by atoms with Crippen LogP contribution in [0.2, 0.25) is 10.0 Å². The lowest BCUT2D eigenvalue weighted by Gasteiger charge is -2.10. The Kier molecular flexibility index (Phi) is 5.39. The molecule has 0 radical (unpaired) electrons. The fourth-order valence-corrected chi connectivity index (χ4v) is 2.28. The number of anilines is 1. The molecule has 1 N–H and O–H groups in total. The number of hydrogen-bond donors (Lipinski definition) is 1. The number of ketones is 1. The van der Waals surface area contributed by atoms with Gasteiger partial charge in [0.1, 0.15) is 0 Å². The molecule has 6 heteroatoms. The molecular formula is C15H10BrCl2NO2. The molecule has 2 aromatic carbocycles. The highest BCUT2D eigenvalue weighted by Crippen LogP contribution is 2.24. The second kappa shape index (κ2) is 7.07. The molecule has 0 fully saturated rings. The van der Waals surface area contributed by atoms with E-state index in [0.29, 0.717) is 26.9 Å². The Morgan fingerprint density at radius 2 is 1.76 bits per heavy atom. The Balaban J connectivity index is 2.44. The van der Waals surface area contributed by atoms with Crippen LogP contribution in [-0.2, 0) is 4.79 Å². The molecule has 0 saturated carbocycles. The Morgan fingerprint density at radius 1 is 1.05 bits per heavy atom. The van der Waals surface area contributed by atoms with Crippen molar-refractivity contribution < 1.29 is 9.59 Å². The molecule has 0 aliphatic heterocycles. The van der Waals surface area contributed by atoms with Crippen molar-refractivity contribution >= 4 is 56.5 Å². The van der Waals surface area contributed by atoms with E-state index in [1.807, 2.05) is 0 Å². The van der Waals surface area contributed by atoms with Gasteiger partial charge >= 0.3 is 0 Å². The van der Waals surface area contributed by atoms with Crippen molar-refractivity contribution in [2.75, 3.05) is 10.6 Å². The minimum atomic E-state index is -0.259. The third-order valence-corrected chi connectivity index (χ3v) is 3.69. The molecule has 0 unspecified atom stereocenters. The highest BCUT2D eigenvalue weighted by molar-refractivity contribution is 9.09. The maximum Gasteiger partial charge on any atom is 0.235 e. The van der Waals surface area contributed by atoms with Crippen molar-refractivity contribution in [3.05, 3.63) is 63.6 Å². The van der Waals surface area contributed by atoms with Crippen LogP contribution < -0.4 is 5.32 Å². The van der Waals surface area contributed by atoms with Crippen LogP contribution in [0.5, 0.6) is 0 Å². The number of nitrogens with one attached hydrogen (secondary N) is 1. The van der Waals surface area contributed by atoms with Gasteiger partial charge in [-0.25, -0.2) is 0 Å². The van der Waals surface area contributed by atoms with E-state index >= 15 is 0 Å². The molecule has 0 atom stereocenters. The van der Waals surface area contributed by atoms with E-state index < -0.39 is 0 Å². The fourth-order valence-electron chi connectivity index (χ4n) is 1.78. The number of carbonyl (C=O) groups is 2. The number of alkyl halides is 1. The number of carbonyl (C=O) groups excluding carboxylic acids is 2. The van der Waals surface area contributed by atoms with Gasteiger partial charge in [-0.05, 0) is 30.3 Å². The van der Waals surface area contributed by atoms with Gasteiger partial charge in [0.25, 0.3) is 0 Å². The summed E-state index contributed by atoms with van der Waals surface area (Å²) in [4.78, 5) is 24.1. The van der Waals surface area contributed by atoms with Gasteiger partial charge < -0.3 is 5.32 Å². The molecule has 108 valence electrons. The quantitative estimate of drug-likeness (QED) is 0.618. The summed E-state index contributed by atoms with van der Waals surface area (Å²) in [6.45, 7) is 0. The Bertz CT molecular complexity index is 704. The van der Waals surface area contributed by atoms with E-state index in [-0.39, 0.29) is 17.0 Å². The van der Waals surface area contributed by atoms with E-state index in [1.165, 1.54) is 6.07 Å². The van der Waals surface area contributed by atoms with Crippen LogP contribution in [0.3, 0.4) is 0 Å². The summed E-state index contributed by atoms with van der Waals surface area (Å²) in [6.07, 6.45) is 0. The zero-order chi connectivity index (χ0) is 15.4. The highest BCUT2D eigenvalue weighted by atomic mass is 79.9. The summed E-state index contributed by atoms with van der Waals surface area (Å²) in [6, 6.07) is 11.3. The molecule has 0 aromatic heterocycles. The van der Waals surface area contributed by atoms with Crippen molar-refractivity contribution in [3.8, 4) is 0 Å². The molecule has 2 rings (SSSR count). The molecule has 0 saturated heterocycles. The maximum absolute atomic E-state index is 12.6. The Hall–Kier alpha value is -1.36. The zero-order valence-electron chi connectivity index (χ0n) is 10.7. The summed E-state index contributed by atoms with van der Waals surface area (Å²) >= 11 is 14.9. The first-order valence-electron chi connectivity index (χ1n) is 5.97. The smallest absolute Gasteiger partial charge is 0.235 e. The second-order valence-corrected chi connectivity index (χ2v) is 5.64. The van der Waals surface area contributed by atoms with Crippen LogP contribution in [0.25, 0.3) is 0 Å². The molecule has 0 bridgehead atoms. The lowest BCUT2D eigenvalue weighted by atomic mass is 10.0. The lowest BCUT2D eigenvalue weighted by molar-refractivity contribution is -0.113. The summed E-state index contributed by atoms with van der Waals surface area (Å²) in [7, 11) is 0. The van der Waals surface area contributed by atoms with Gasteiger partial charge in [-0.3, -0.25) is 9.59 Å². The van der Waals surface area contributed by atoms with Crippen LogP contribution in [-0.4, -0.2) is 17.0 Å². The van der Waals surface area contributed by atoms with Gasteiger partial charge in [-0.1, -0.05) is 51.3 Å². The minimum Gasteiger partial charge on any atom is -0.325 e. The van der Waals surface area contributed by atoms with Gasteiger partial charge in [0.05, 0.1) is 11.0 Å². The van der Waals surface area contributed by atoms with Crippen molar-refractivity contribution in [1.82, 2.24) is 0 Å². The molecule has 2 aromatic rings. The SMILES string of the molecule is O=C(CBr)Nc1ccc(Cl)cc1C(=O)c1cccc(Cl)c1. The Labute approximate surface area is 140 Å². The topological polar surface area (TPSA) is 46.2 Å². The first-order valence-corrected chi connectivity index (χ1v) is 7.84. The van der Waals surface area contributed by atoms with Gasteiger partial charge in [0.15, 0.2) is 5.78 Å². The summed E-state index contributed by atoms with van der Waals surface area (Å²) < 4.78 is 0. The standard InChI is InChI=1S/C15H10BrCl2NO2/c16-8-14(20)19-13-5-4-11(18)7-12(13)15(21)9-2-1-3-10(17)6-9/h1-7H,8H2,(H,19,20). The molecule has 0 aliphatic carbocycles. The van der Waals surface area contributed by atoms with Crippen LogP contribution in [0.15, 0.2) is 42.5 Å². The maximum atomic E-state index is 12.6. The molecule has 0 heterocycles. The molecule has 1 amide bonds. The van der Waals surface area contributed by atoms with E-state index in [0.717, 1.165) is 0 Å². The second-order valence-electron chi connectivity index (χ2n) is 4.21. The summed E-state index contributed by atoms with van der Waals surface area (Å²) in [5.74, 6) is -0.512. The average molecular weight is 387 g/mol. The highest BCUT2D eigenvalue weighted by Gasteiger charge is 2.16. The lowest BCUT2D eigenvalue weighted by Crippen LogP contribution is -2.15. The van der Waals surface area contributed by atoms with Crippen LogP contribution in [0, 0.1) is 0 Å². The van der Waals surface area contributed by atoms with Crippen molar-refractivity contribution in [2.45, 2.75) is 0 Å². The van der Waals surface area contributed by atoms with Gasteiger partial charge in [0.2, 0.25) is 5.91 Å². The Morgan fingerprint density at radius 3 is 2.43 bits per heavy atom. The number of rotatable bonds is 4. The van der Waals surface area contributed by atoms with Crippen molar-refractivity contribution in [2.24, 2.45) is 0 Å². The van der Waals surface area contributed by atoms with Gasteiger partial charge in [-0.15, -0.1) is 0 Å². The number of halogens is 3. The molecule has 0 aliphatic rings. The van der Waals surface area contributed by atoms with Crippen LogP contribution in [0.1, 0.15) is 15.9 Å². The molecular weight excluding hydrogens is 377 g/mol. The largest absolute Gasteiger partial charge is 0.325 e. The fraction of sp³-hybridized carbons (Fsp3) is 0.0667. The van der Waals surface area contributed by atoms with E-state index in [2.05, 4.69) is 21.2 Å². The number of benzene rings is 2. The van der Waals surface area contributed by atoms with E-state index in [9.17, 15) is 9.59 Å². The molecule has 21 heavy (non-hydrogen) atoms. The van der Waals surface area contributed by atoms with Gasteiger partial charge in [-0.2, -0.15) is 0 Å². The normalized spacial score (nSPS) is 10.2. The van der Waals surface area contributed by atoms with Crippen LogP contribution >= 0.6 is 39.1 Å². The third kappa shape index (κ3) is 4.06. The van der Waals surface area contributed by atoms with Gasteiger partial charge in [0, 0.05) is 21.2 Å². The first kappa shape index (κ1) is 16.0. The average Bonchev–Trinajstić information content (AvgIpc) is 2.48. The van der Waals surface area contributed by atoms with Crippen molar-refractivity contribution in [1.29, 1.82) is 0 Å². The van der Waals surface area contributed by atoms with Crippen molar-refractivity contribution in [3.63, 3.8) is 0 Å². The monoisotopic (exact) mass is 385 g/mol. The van der Waals surface area contributed by atoms with E-state index in [4.69, 9.17) is 23.2 Å². The number of hydrogen-bond acceptors (Lipinski definition) is 2. The third-order valence-electron chi connectivity index (χ3n) is 2.71. The summed E-state index contributed by atoms with van der Waals surface area (Å²) in [5, 5.41) is 3.67. The zero-order valence-corrected chi connectivity index (χ0v) is 13.8. The predicted molar refractivity (Wildman–Crippen MR) is 88.8 cm³/mol. The summed E-state index contributed by atoms with van der Waals surface area (Å²) in [5.41, 5.74) is 1.16.